The van der Waals surface area contributed by atoms with E-state index in [9.17, 15) is 19.6 Å². The predicted octanol–water partition coefficient (Wildman–Crippen LogP) is 4.15. The molecule has 1 fully saturated rings. The van der Waals surface area contributed by atoms with Crippen LogP contribution in [0.1, 0.15) is 22.5 Å². The topological polar surface area (TPSA) is 113 Å². The lowest BCUT2D eigenvalue weighted by atomic mass is 10.1. The third-order valence-electron chi connectivity index (χ3n) is 4.87. The standard InChI is InChI=1S/C24H16BrN3O5/c25-18-7-8-21(33-14-16-5-2-1-4-15(16)12-26)17(10-18)11-20-22(29)27-24(31)28(23(20)30)13-19-6-3-9-32-19/h1-11H,13-14H2,(H,27,29,31)/b20-11+. The van der Waals surface area contributed by atoms with Crippen molar-refractivity contribution in [3.05, 3.63) is 93.4 Å². The number of benzene rings is 2. The fourth-order valence-corrected chi connectivity index (χ4v) is 3.60. The lowest BCUT2D eigenvalue weighted by molar-refractivity contribution is -0.130. The van der Waals surface area contributed by atoms with E-state index >= 15 is 0 Å². The second-order valence-corrected chi connectivity index (χ2v) is 7.94. The molecule has 0 saturated carbocycles. The van der Waals surface area contributed by atoms with Crippen LogP contribution in [0.25, 0.3) is 6.08 Å². The predicted molar refractivity (Wildman–Crippen MR) is 120 cm³/mol. The maximum absolute atomic E-state index is 13.0. The molecule has 4 amide bonds. The molecule has 1 N–H and O–H groups in total. The molecule has 1 aliphatic heterocycles. The summed E-state index contributed by atoms with van der Waals surface area (Å²) in [7, 11) is 0. The summed E-state index contributed by atoms with van der Waals surface area (Å²) in [5, 5.41) is 11.5. The van der Waals surface area contributed by atoms with Crippen molar-refractivity contribution in [3.63, 3.8) is 0 Å². The van der Waals surface area contributed by atoms with Crippen LogP contribution in [-0.2, 0) is 22.7 Å². The van der Waals surface area contributed by atoms with Crippen LogP contribution >= 0.6 is 15.9 Å². The lowest BCUT2D eigenvalue weighted by Crippen LogP contribution is -2.53. The van der Waals surface area contributed by atoms with Crippen molar-refractivity contribution in [3.8, 4) is 11.8 Å². The average Bonchev–Trinajstić information content (AvgIpc) is 3.32. The van der Waals surface area contributed by atoms with Gasteiger partial charge in [0, 0.05) is 15.6 Å². The highest BCUT2D eigenvalue weighted by Gasteiger charge is 2.36. The monoisotopic (exact) mass is 505 g/mol. The highest BCUT2D eigenvalue weighted by Crippen LogP contribution is 2.28. The maximum atomic E-state index is 13.0. The molecule has 0 atom stereocenters. The van der Waals surface area contributed by atoms with Crippen LogP contribution in [-0.4, -0.2) is 22.7 Å². The van der Waals surface area contributed by atoms with E-state index < -0.39 is 17.8 Å². The third kappa shape index (κ3) is 4.86. The van der Waals surface area contributed by atoms with Gasteiger partial charge in [-0.3, -0.25) is 19.8 Å². The molecule has 1 saturated heterocycles. The molecule has 0 radical (unpaired) electrons. The number of barbiturate groups is 1. The quantitative estimate of drug-likeness (QED) is 0.397. The summed E-state index contributed by atoms with van der Waals surface area (Å²) in [6.45, 7) is -0.000141. The van der Waals surface area contributed by atoms with Crippen LogP contribution in [0.4, 0.5) is 4.79 Å². The molecular weight excluding hydrogens is 490 g/mol. The van der Waals surface area contributed by atoms with E-state index in [0.717, 1.165) is 4.90 Å². The van der Waals surface area contributed by atoms with Gasteiger partial charge in [0.25, 0.3) is 11.8 Å². The van der Waals surface area contributed by atoms with Crippen molar-refractivity contribution in [2.45, 2.75) is 13.2 Å². The highest BCUT2D eigenvalue weighted by molar-refractivity contribution is 9.10. The van der Waals surface area contributed by atoms with Crippen molar-refractivity contribution < 1.29 is 23.5 Å². The van der Waals surface area contributed by atoms with Gasteiger partial charge in [0.2, 0.25) is 0 Å². The second kappa shape index (κ2) is 9.54. The van der Waals surface area contributed by atoms with Crippen LogP contribution in [0, 0.1) is 11.3 Å². The number of hydrogen-bond acceptors (Lipinski definition) is 6. The molecule has 9 heteroatoms. The summed E-state index contributed by atoms with van der Waals surface area (Å²) >= 11 is 3.38. The third-order valence-corrected chi connectivity index (χ3v) is 5.37. The Kier molecular flexibility index (Phi) is 6.38. The summed E-state index contributed by atoms with van der Waals surface area (Å²) in [6.07, 6.45) is 2.80. The summed E-state index contributed by atoms with van der Waals surface area (Å²) in [5.41, 5.74) is 1.41. The Bertz CT molecular complexity index is 1310. The van der Waals surface area contributed by atoms with E-state index in [1.165, 1.54) is 12.3 Å². The maximum Gasteiger partial charge on any atom is 0.331 e. The first kappa shape index (κ1) is 22.0. The molecule has 164 valence electrons. The van der Waals surface area contributed by atoms with Gasteiger partial charge in [-0.15, -0.1) is 0 Å². The van der Waals surface area contributed by atoms with Gasteiger partial charge in [-0.05, 0) is 42.5 Å². The Balaban J connectivity index is 1.63. The number of imide groups is 2. The van der Waals surface area contributed by atoms with Crippen LogP contribution < -0.4 is 10.1 Å². The Morgan fingerprint density at radius 2 is 1.94 bits per heavy atom. The molecule has 4 rings (SSSR count). The summed E-state index contributed by atoms with van der Waals surface area (Å²) in [5.74, 6) is -0.759. The van der Waals surface area contributed by atoms with Crippen LogP contribution in [0.15, 0.2) is 75.3 Å². The number of ether oxygens (including phenoxy) is 1. The van der Waals surface area contributed by atoms with E-state index in [0.29, 0.717) is 32.7 Å². The molecule has 33 heavy (non-hydrogen) atoms. The number of urea groups is 1. The number of amides is 4. The van der Waals surface area contributed by atoms with E-state index in [1.54, 1.807) is 54.6 Å². The molecule has 1 aromatic heterocycles. The first-order valence-corrected chi connectivity index (χ1v) is 10.6. The zero-order valence-electron chi connectivity index (χ0n) is 17.1. The number of nitrogens with zero attached hydrogens (tertiary/aromatic N) is 2. The number of hydrogen-bond donors (Lipinski definition) is 1. The molecule has 2 heterocycles. The minimum absolute atomic E-state index is 0.116. The Hall–Kier alpha value is -4.16. The van der Waals surface area contributed by atoms with Crippen molar-refractivity contribution >= 4 is 39.9 Å². The van der Waals surface area contributed by atoms with E-state index in [4.69, 9.17) is 9.15 Å². The van der Waals surface area contributed by atoms with Gasteiger partial charge < -0.3 is 9.15 Å². The molecule has 0 aliphatic carbocycles. The minimum Gasteiger partial charge on any atom is -0.488 e. The number of furan rings is 1. The Labute approximate surface area is 197 Å². The first-order chi connectivity index (χ1) is 16.0. The largest absolute Gasteiger partial charge is 0.488 e. The molecule has 0 unspecified atom stereocenters. The minimum atomic E-state index is -0.822. The molecule has 0 spiro atoms. The van der Waals surface area contributed by atoms with Gasteiger partial charge in [0.05, 0.1) is 24.4 Å². The fourth-order valence-electron chi connectivity index (χ4n) is 3.23. The first-order valence-electron chi connectivity index (χ1n) is 9.78. The van der Waals surface area contributed by atoms with Gasteiger partial charge in [-0.1, -0.05) is 34.1 Å². The Morgan fingerprint density at radius 1 is 1.12 bits per heavy atom. The molecule has 1 aliphatic rings. The number of carbonyl (C=O) groups excluding carboxylic acids is 3. The number of carbonyl (C=O) groups is 3. The normalized spacial score (nSPS) is 14.8. The number of nitriles is 1. The smallest absolute Gasteiger partial charge is 0.331 e. The SMILES string of the molecule is N#Cc1ccccc1COc1ccc(Br)cc1/C=C1\C(=O)NC(=O)N(Cc2ccco2)C1=O. The van der Waals surface area contributed by atoms with Crippen LogP contribution in [0.5, 0.6) is 5.75 Å². The van der Waals surface area contributed by atoms with E-state index in [-0.39, 0.29) is 18.7 Å². The molecule has 0 bridgehead atoms. The van der Waals surface area contributed by atoms with Crippen molar-refractivity contribution in [1.29, 1.82) is 5.26 Å². The summed E-state index contributed by atoms with van der Waals surface area (Å²) in [6, 6.07) is 16.7. The van der Waals surface area contributed by atoms with Crippen molar-refractivity contribution in [2.24, 2.45) is 0 Å². The average molecular weight is 506 g/mol. The van der Waals surface area contributed by atoms with E-state index in [1.807, 2.05) is 0 Å². The van der Waals surface area contributed by atoms with Gasteiger partial charge in [0.1, 0.15) is 23.7 Å². The number of rotatable bonds is 6. The number of nitrogens with one attached hydrogen (secondary N) is 1. The van der Waals surface area contributed by atoms with Crippen molar-refractivity contribution in [1.82, 2.24) is 10.2 Å². The molecule has 2 aromatic carbocycles. The second-order valence-electron chi connectivity index (χ2n) is 7.03. The fraction of sp³-hybridized carbons (Fsp3) is 0.0833. The zero-order chi connectivity index (χ0) is 23.4. The van der Waals surface area contributed by atoms with Gasteiger partial charge in [-0.2, -0.15) is 5.26 Å². The summed E-state index contributed by atoms with van der Waals surface area (Å²) in [4.78, 5) is 38.6. The molecular formula is C24H16BrN3O5. The van der Waals surface area contributed by atoms with E-state index in [2.05, 4.69) is 27.3 Å². The van der Waals surface area contributed by atoms with Gasteiger partial charge in [-0.25, -0.2) is 4.79 Å². The Morgan fingerprint density at radius 3 is 2.70 bits per heavy atom. The highest BCUT2D eigenvalue weighted by atomic mass is 79.9. The molecule has 3 aromatic rings. The summed E-state index contributed by atoms with van der Waals surface area (Å²) < 4.78 is 11.8. The number of halogens is 1. The lowest BCUT2D eigenvalue weighted by Gasteiger charge is -2.25. The van der Waals surface area contributed by atoms with Gasteiger partial charge in [0.15, 0.2) is 0 Å². The molecule has 8 nitrogen and oxygen atoms in total. The zero-order valence-corrected chi connectivity index (χ0v) is 18.7. The van der Waals surface area contributed by atoms with Crippen LogP contribution in [0.2, 0.25) is 0 Å². The van der Waals surface area contributed by atoms with Gasteiger partial charge >= 0.3 is 6.03 Å². The van der Waals surface area contributed by atoms with Crippen molar-refractivity contribution in [2.75, 3.05) is 0 Å². The van der Waals surface area contributed by atoms with Crippen LogP contribution in [0.3, 0.4) is 0 Å².